The predicted molar refractivity (Wildman–Crippen MR) is 87.8 cm³/mol. The molecular formula is C15H14BrN3O5. The van der Waals surface area contributed by atoms with Crippen molar-refractivity contribution in [3.8, 4) is 0 Å². The van der Waals surface area contributed by atoms with Gasteiger partial charge in [-0.2, -0.15) is 0 Å². The lowest BCUT2D eigenvalue weighted by Crippen LogP contribution is -2.34. The summed E-state index contributed by atoms with van der Waals surface area (Å²) in [7, 11) is 0. The van der Waals surface area contributed by atoms with Gasteiger partial charge in [-0.25, -0.2) is 14.6 Å². The number of oxazole rings is 1. The number of hydrogen-bond donors (Lipinski definition) is 2. The average molecular weight is 396 g/mol. The lowest BCUT2D eigenvalue weighted by molar-refractivity contribution is 0.0521. The van der Waals surface area contributed by atoms with Gasteiger partial charge in [-0.3, -0.25) is 15.4 Å². The van der Waals surface area contributed by atoms with Gasteiger partial charge in [-0.1, -0.05) is 12.1 Å². The summed E-state index contributed by atoms with van der Waals surface area (Å²) in [6.45, 7) is 3.30. The molecule has 0 aliphatic carbocycles. The predicted octanol–water partition coefficient (Wildman–Crippen LogP) is 2.88. The summed E-state index contributed by atoms with van der Waals surface area (Å²) < 4.78 is 10.5. The second kappa shape index (κ2) is 7.73. The number of carbonyl (C=O) groups is 3. The molecule has 0 saturated carbocycles. The summed E-state index contributed by atoms with van der Waals surface area (Å²) in [6.07, 6.45) is 0. The highest BCUT2D eigenvalue weighted by atomic mass is 79.9. The molecule has 1 aromatic heterocycles. The van der Waals surface area contributed by atoms with Crippen molar-refractivity contribution in [2.45, 2.75) is 13.8 Å². The number of amides is 3. The first kappa shape index (κ1) is 17.7. The van der Waals surface area contributed by atoms with E-state index >= 15 is 0 Å². The molecule has 0 unspecified atom stereocenters. The van der Waals surface area contributed by atoms with Gasteiger partial charge < -0.3 is 9.15 Å². The Morgan fingerprint density at radius 2 is 2.00 bits per heavy atom. The van der Waals surface area contributed by atoms with Crippen molar-refractivity contribution in [3.05, 3.63) is 45.9 Å². The van der Waals surface area contributed by atoms with Crippen molar-refractivity contribution in [1.29, 1.82) is 0 Å². The maximum absolute atomic E-state index is 12.1. The molecule has 1 heterocycles. The molecule has 0 saturated heterocycles. The molecule has 0 radical (unpaired) electrons. The van der Waals surface area contributed by atoms with E-state index in [1.165, 1.54) is 6.92 Å². The molecular weight excluding hydrogens is 382 g/mol. The molecule has 0 aliphatic heterocycles. The number of aryl methyl sites for hydroxylation is 1. The number of esters is 1. The highest BCUT2D eigenvalue weighted by molar-refractivity contribution is 9.10. The Morgan fingerprint density at radius 3 is 2.67 bits per heavy atom. The Labute approximate surface area is 145 Å². The second-order valence-corrected chi connectivity index (χ2v) is 5.37. The maximum atomic E-state index is 12.1. The molecule has 2 aromatic rings. The van der Waals surface area contributed by atoms with E-state index in [4.69, 9.17) is 9.15 Å². The Bertz CT molecular complexity index is 787. The van der Waals surface area contributed by atoms with Gasteiger partial charge in [0.15, 0.2) is 5.89 Å². The number of ether oxygens (including phenoxy) is 1. The number of aromatic nitrogens is 1. The summed E-state index contributed by atoms with van der Waals surface area (Å²) >= 11 is 3.22. The second-order valence-electron chi connectivity index (χ2n) is 4.52. The number of benzene rings is 1. The summed E-state index contributed by atoms with van der Waals surface area (Å²) in [6, 6.07) is 5.76. The molecule has 0 aliphatic rings. The van der Waals surface area contributed by atoms with Gasteiger partial charge >= 0.3 is 12.0 Å². The largest absolute Gasteiger partial charge is 0.461 e. The number of anilines is 1. The Balaban J connectivity index is 2.09. The molecule has 126 valence electrons. The quantitative estimate of drug-likeness (QED) is 0.769. The number of carbonyl (C=O) groups excluding carboxylic acids is 3. The van der Waals surface area contributed by atoms with E-state index in [2.05, 4.69) is 31.5 Å². The molecule has 24 heavy (non-hydrogen) atoms. The first-order chi connectivity index (χ1) is 11.4. The van der Waals surface area contributed by atoms with Crippen molar-refractivity contribution in [2.75, 3.05) is 11.9 Å². The molecule has 1 aromatic carbocycles. The van der Waals surface area contributed by atoms with E-state index in [0.717, 1.165) is 0 Å². The van der Waals surface area contributed by atoms with E-state index in [-0.39, 0.29) is 29.6 Å². The van der Waals surface area contributed by atoms with Crippen LogP contribution in [0.4, 0.5) is 10.7 Å². The first-order valence-corrected chi connectivity index (χ1v) is 7.73. The Kier molecular flexibility index (Phi) is 5.69. The van der Waals surface area contributed by atoms with Gasteiger partial charge in [0.1, 0.15) is 0 Å². The molecule has 2 rings (SSSR count). The minimum Gasteiger partial charge on any atom is -0.461 e. The van der Waals surface area contributed by atoms with Gasteiger partial charge in [-0.05, 0) is 35.0 Å². The highest BCUT2D eigenvalue weighted by Gasteiger charge is 2.22. The fourth-order valence-electron chi connectivity index (χ4n) is 1.80. The van der Waals surface area contributed by atoms with Crippen LogP contribution in [0.15, 0.2) is 33.2 Å². The zero-order valence-corrected chi connectivity index (χ0v) is 14.5. The van der Waals surface area contributed by atoms with Gasteiger partial charge in [0.05, 0.1) is 12.2 Å². The van der Waals surface area contributed by atoms with Crippen LogP contribution >= 0.6 is 15.9 Å². The van der Waals surface area contributed by atoms with Gasteiger partial charge in [0, 0.05) is 11.4 Å². The Hall–Kier alpha value is -2.68. The molecule has 3 amide bonds. The summed E-state index contributed by atoms with van der Waals surface area (Å²) in [4.78, 5) is 39.6. The van der Waals surface area contributed by atoms with Crippen LogP contribution in [0.25, 0.3) is 0 Å². The number of nitrogens with one attached hydrogen (secondary N) is 2. The van der Waals surface area contributed by atoms with Gasteiger partial charge in [0.25, 0.3) is 5.91 Å². The molecule has 9 heteroatoms. The van der Waals surface area contributed by atoms with Crippen molar-refractivity contribution in [1.82, 2.24) is 10.3 Å². The smallest absolute Gasteiger partial charge is 0.362 e. The van der Waals surface area contributed by atoms with Crippen molar-refractivity contribution >= 4 is 39.7 Å². The summed E-state index contributed by atoms with van der Waals surface area (Å²) in [5, 5.41) is 4.41. The number of nitrogens with zero attached hydrogens (tertiary/aromatic N) is 1. The topological polar surface area (TPSA) is 111 Å². The fraction of sp³-hybridized carbons (Fsp3) is 0.200. The third kappa shape index (κ3) is 4.19. The fourth-order valence-corrected chi connectivity index (χ4v) is 2.26. The number of hydrogen-bond acceptors (Lipinski definition) is 6. The van der Waals surface area contributed by atoms with Crippen LogP contribution in [0.5, 0.6) is 0 Å². The van der Waals surface area contributed by atoms with E-state index in [1.54, 1.807) is 31.2 Å². The monoisotopic (exact) mass is 395 g/mol. The first-order valence-electron chi connectivity index (χ1n) is 6.93. The standard InChI is InChI=1S/C15H14BrN3O5/c1-3-23-14(21)11-13(24-8(2)17-11)19-15(22)18-12(20)9-6-4-5-7-10(9)16/h4-7H,3H2,1-2H3,(H2,18,19,20,22). The van der Waals surface area contributed by atoms with Crippen LogP contribution in [-0.2, 0) is 4.74 Å². The number of imide groups is 1. The van der Waals surface area contributed by atoms with Crippen LogP contribution in [0.1, 0.15) is 33.7 Å². The lowest BCUT2D eigenvalue weighted by Gasteiger charge is -2.06. The highest BCUT2D eigenvalue weighted by Crippen LogP contribution is 2.18. The number of halogens is 1. The zero-order valence-electron chi connectivity index (χ0n) is 12.9. The van der Waals surface area contributed by atoms with Crippen LogP contribution in [0, 0.1) is 6.92 Å². The van der Waals surface area contributed by atoms with E-state index in [1.807, 2.05) is 0 Å². The van der Waals surface area contributed by atoms with E-state index in [0.29, 0.717) is 4.47 Å². The minimum absolute atomic E-state index is 0.150. The van der Waals surface area contributed by atoms with Gasteiger partial charge in [0.2, 0.25) is 11.6 Å². The lowest BCUT2D eigenvalue weighted by atomic mass is 10.2. The normalized spacial score (nSPS) is 10.1. The number of urea groups is 1. The molecule has 0 spiro atoms. The van der Waals surface area contributed by atoms with Crippen molar-refractivity contribution in [2.24, 2.45) is 0 Å². The van der Waals surface area contributed by atoms with E-state index in [9.17, 15) is 14.4 Å². The SMILES string of the molecule is CCOC(=O)c1nc(C)oc1NC(=O)NC(=O)c1ccccc1Br. The summed E-state index contributed by atoms with van der Waals surface area (Å²) in [5.74, 6) is -1.37. The third-order valence-corrected chi connectivity index (χ3v) is 3.47. The molecule has 0 bridgehead atoms. The summed E-state index contributed by atoms with van der Waals surface area (Å²) in [5.41, 5.74) is 0.116. The van der Waals surface area contributed by atoms with Crippen LogP contribution in [0.3, 0.4) is 0 Å². The van der Waals surface area contributed by atoms with E-state index < -0.39 is 17.9 Å². The average Bonchev–Trinajstić information content (AvgIpc) is 2.88. The zero-order chi connectivity index (χ0) is 17.7. The maximum Gasteiger partial charge on any atom is 0.362 e. The molecule has 2 N–H and O–H groups in total. The molecule has 8 nitrogen and oxygen atoms in total. The minimum atomic E-state index is -0.863. The van der Waals surface area contributed by atoms with Crippen LogP contribution in [0.2, 0.25) is 0 Å². The van der Waals surface area contributed by atoms with Crippen LogP contribution < -0.4 is 10.6 Å². The molecule has 0 fully saturated rings. The van der Waals surface area contributed by atoms with Gasteiger partial charge in [-0.15, -0.1) is 0 Å². The van der Waals surface area contributed by atoms with Crippen molar-refractivity contribution in [3.63, 3.8) is 0 Å². The number of rotatable bonds is 4. The van der Waals surface area contributed by atoms with Crippen LogP contribution in [-0.4, -0.2) is 29.5 Å². The molecule has 0 atom stereocenters. The Morgan fingerprint density at radius 1 is 1.29 bits per heavy atom. The van der Waals surface area contributed by atoms with Crippen molar-refractivity contribution < 1.29 is 23.5 Å². The third-order valence-electron chi connectivity index (χ3n) is 2.78.